The van der Waals surface area contributed by atoms with Crippen LogP contribution in [0.2, 0.25) is 0 Å². The molecule has 1 aliphatic heterocycles. The summed E-state index contributed by atoms with van der Waals surface area (Å²) in [5.41, 5.74) is 2.47. The number of nitrogens with one attached hydrogen (secondary N) is 1. The summed E-state index contributed by atoms with van der Waals surface area (Å²) in [4.78, 5) is 13.8. The summed E-state index contributed by atoms with van der Waals surface area (Å²) >= 11 is 0. The monoisotopic (exact) mass is 227 g/mol. The highest BCUT2D eigenvalue weighted by molar-refractivity contribution is 5.94. The highest BCUT2D eigenvalue weighted by Gasteiger charge is 2.54. The van der Waals surface area contributed by atoms with Gasteiger partial charge in [0.1, 0.15) is 0 Å². The molecule has 2 aliphatic rings. The molecule has 1 heterocycles. The summed E-state index contributed by atoms with van der Waals surface area (Å²) in [6.07, 6.45) is 1.99. The number of hydrogen-bond acceptors (Lipinski definition) is 2. The Balaban J connectivity index is 2.16. The Hall–Kier alpha value is -2.02. The average molecular weight is 227 g/mol. The van der Waals surface area contributed by atoms with Crippen molar-refractivity contribution in [2.45, 2.75) is 25.3 Å². The summed E-state index contributed by atoms with van der Waals surface area (Å²) < 4.78 is 0. The van der Waals surface area contributed by atoms with E-state index >= 15 is 0 Å². The first-order valence-corrected chi connectivity index (χ1v) is 5.84. The number of nitrogens with zero attached hydrogens (tertiary/aromatic N) is 2. The van der Waals surface area contributed by atoms with Crippen molar-refractivity contribution in [3.05, 3.63) is 29.3 Å². The molecule has 1 fully saturated rings. The van der Waals surface area contributed by atoms with E-state index in [2.05, 4.69) is 11.4 Å². The lowest BCUT2D eigenvalue weighted by atomic mass is 9.96. The maximum Gasteiger partial charge on any atom is 0.322 e. The van der Waals surface area contributed by atoms with Crippen LogP contribution in [0.15, 0.2) is 18.2 Å². The number of hydrogen-bond donors (Lipinski definition) is 1. The topological polar surface area (TPSA) is 56.1 Å². The SMILES string of the molecule is CCN1C(=O)Nc2ccc(C#N)cc2C12CC2. The van der Waals surface area contributed by atoms with Crippen LogP contribution in [0, 0.1) is 11.3 Å². The molecular formula is C13H13N3O. The van der Waals surface area contributed by atoms with Gasteiger partial charge in [0, 0.05) is 17.8 Å². The van der Waals surface area contributed by atoms with Crippen LogP contribution in [-0.4, -0.2) is 17.5 Å². The number of carbonyl (C=O) groups is 1. The minimum Gasteiger partial charge on any atom is -0.315 e. The van der Waals surface area contributed by atoms with Gasteiger partial charge in [-0.2, -0.15) is 5.26 Å². The molecule has 1 saturated carbocycles. The number of amides is 2. The maximum absolute atomic E-state index is 11.9. The van der Waals surface area contributed by atoms with E-state index in [0.29, 0.717) is 12.1 Å². The van der Waals surface area contributed by atoms with Crippen LogP contribution < -0.4 is 5.32 Å². The fourth-order valence-electron chi connectivity index (χ4n) is 2.73. The van der Waals surface area contributed by atoms with Crippen molar-refractivity contribution < 1.29 is 4.79 Å². The van der Waals surface area contributed by atoms with Gasteiger partial charge in [-0.3, -0.25) is 0 Å². The molecule has 1 N–H and O–H groups in total. The molecule has 1 aromatic carbocycles. The summed E-state index contributed by atoms with van der Waals surface area (Å²) in [7, 11) is 0. The van der Waals surface area contributed by atoms with E-state index in [1.54, 1.807) is 6.07 Å². The quantitative estimate of drug-likeness (QED) is 0.801. The Morgan fingerprint density at radius 3 is 2.88 bits per heavy atom. The molecule has 86 valence electrons. The Kier molecular flexibility index (Phi) is 1.93. The third-order valence-corrected chi connectivity index (χ3v) is 3.69. The van der Waals surface area contributed by atoms with Gasteiger partial charge in [-0.15, -0.1) is 0 Å². The summed E-state index contributed by atoms with van der Waals surface area (Å²) in [5.74, 6) is 0. The van der Waals surface area contributed by atoms with Crippen molar-refractivity contribution >= 4 is 11.7 Å². The fourth-order valence-corrected chi connectivity index (χ4v) is 2.73. The number of urea groups is 1. The number of carbonyl (C=O) groups excluding carboxylic acids is 1. The molecule has 1 spiro atoms. The van der Waals surface area contributed by atoms with Crippen LogP contribution >= 0.6 is 0 Å². The zero-order valence-electron chi connectivity index (χ0n) is 9.66. The van der Waals surface area contributed by atoms with Crippen LogP contribution in [-0.2, 0) is 5.54 Å². The highest BCUT2D eigenvalue weighted by Crippen LogP contribution is 2.55. The molecule has 1 aliphatic carbocycles. The molecule has 1 aromatic rings. The normalized spacial score (nSPS) is 19.5. The number of benzene rings is 1. The first-order valence-electron chi connectivity index (χ1n) is 5.84. The van der Waals surface area contributed by atoms with Crippen molar-refractivity contribution in [3.8, 4) is 6.07 Å². The van der Waals surface area contributed by atoms with Crippen LogP contribution in [0.3, 0.4) is 0 Å². The van der Waals surface area contributed by atoms with Gasteiger partial charge in [-0.25, -0.2) is 4.79 Å². The third-order valence-electron chi connectivity index (χ3n) is 3.69. The zero-order valence-corrected chi connectivity index (χ0v) is 9.66. The van der Waals surface area contributed by atoms with E-state index in [0.717, 1.165) is 24.1 Å². The average Bonchev–Trinajstić information content (AvgIpc) is 3.11. The van der Waals surface area contributed by atoms with Crippen LogP contribution in [0.25, 0.3) is 0 Å². The second-order valence-corrected chi connectivity index (χ2v) is 4.58. The van der Waals surface area contributed by atoms with Crippen molar-refractivity contribution in [2.24, 2.45) is 0 Å². The van der Waals surface area contributed by atoms with Gasteiger partial charge < -0.3 is 10.2 Å². The Labute approximate surface area is 99.8 Å². The lowest BCUT2D eigenvalue weighted by molar-refractivity contribution is 0.179. The molecule has 0 bridgehead atoms. The highest BCUT2D eigenvalue weighted by atomic mass is 16.2. The lowest BCUT2D eigenvalue weighted by Crippen LogP contribution is -2.47. The molecule has 0 unspecified atom stereocenters. The largest absolute Gasteiger partial charge is 0.322 e. The molecule has 0 atom stereocenters. The second kappa shape index (κ2) is 3.24. The number of anilines is 1. The standard InChI is InChI=1S/C13H13N3O/c1-2-16-12(17)15-11-4-3-9(8-14)7-10(11)13(16)5-6-13/h3-4,7H,2,5-6H2,1H3,(H,15,17). The van der Waals surface area contributed by atoms with Crippen LogP contribution in [0.5, 0.6) is 0 Å². The van der Waals surface area contributed by atoms with Crippen LogP contribution in [0.1, 0.15) is 30.9 Å². The van der Waals surface area contributed by atoms with E-state index in [4.69, 9.17) is 5.26 Å². The lowest BCUT2D eigenvalue weighted by Gasteiger charge is -2.37. The van der Waals surface area contributed by atoms with Gasteiger partial charge in [-0.1, -0.05) is 0 Å². The minimum absolute atomic E-state index is 0.0257. The third kappa shape index (κ3) is 1.26. The number of rotatable bonds is 1. The molecule has 0 radical (unpaired) electrons. The van der Waals surface area contributed by atoms with Gasteiger partial charge in [0.25, 0.3) is 0 Å². The van der Waals surface area contributed by atoms with E-state index in [1.807, 2.05) is 24.0 Å². The van der Waals surface area contributed by atoms with E-state index in [-0.39, 0.29) is 11.6 Å². The van der Waals surface area contributed by atoms with Gasteiger partial charge in [0.15, 0.2) is 0 Å². The Morgan fingerprint density at radius 2 is 2.29 bits per heavy atom. The summed E-state index contributed by atoms with van der Waals surface area (Å²) in [6.45, 7) is 2.68. The predicted octanol–water partition coefficient (Wildman–Crippen LogP) is 2.41. The molecule has 2 amide bonds. The maximum atomic E-state index is 11.9. The molecule has 4 heteroatoms. The first kappa shape index (κ1) is 10.2. The second-order valence-electron chi connectivity index (χ2n) is 4.58. The molecule has 4 nitrogen and oxygen atoms in total. The first-order chi connectivity index (χ1) is 8.21. The number of fused-ring (bicyclic) bond motifs is 2. The minimum atomic E-state index is -0.140. The van der Waals surface area contributed by atoms with Crippen molar-refractivity contribution in [1.29, 1.82) is 5.26 Å². The molecule has 17 heavy (non-hydrogen) atoms. The Bertz CT molecular complexity index is 540. The van der Waals surface area contributed by atoms with Crippen molar-refractivity contribution in [3.63, 3.8) is 0 Å². The van der Waals surface area contributed by atoms with Gasteiger partial charge in [0.05, 0.1) is 17.2 Å². The van der Waals surface area contributed by atoms with Gasteiger partial charge in [-0.05, 0) is 38.0 Å². The summed E-state index contributed by atoms with van der Waals surface area (Å²) in [5, 5.41) is 11.8. The van der Waals surface area contributed by atoms with Crippen molar-refractivity contribution in [1.82, 2.24) is 4.90 Å². The predicted molar refractivity (Wildman–Crippen MR) is 63.5 cm³/mol. The Morgan fingerprint density at radius 1 is 1.53 bits per heavy atom. The van der Waals surface area contributed by atoms with E-state index in [9.17, 15) is 4.79 Å². The zero-order chi connectivity index (χ0) is 12.0. The van der Waals surface area contributed by atoms with Crippen LogP contribution in [0.4, 0.5) is 10.5 Å². The summed E-state index contributed by atoms with van der Waals surface area (Å²) in [6, 6.07) is 7.62. The molecule has 0 saturated heterocycles. The van der Waals surface area contributed by atoms with E-state index < -0.39 is 0 Å². The van der Waals surface area contributed by atoms with Gasteiger partial charge >= 0.3 is 6.03 Å². The molecule has 3 rings (SSSR count). The van der Waals surface area contributed by atoms with Crippen molar-refractivity contribution in [2.75, 3.05) is 11.9 Å². The fraction of sp³-hybridized carbons (Fsp3) is 0.385. The molecule has 0 aromatic heterocycles. The smallest absolute Gasteiger partial charge is 0.315 e. The van der Waals surface area contributed by atoms with Gasteiger partial charge in [0.2, 0.25) is 0 Å². The molecular weight excluding hydrogens is 214 g/mol. The van der Waals surface area contributed by atoms with E-state index in [1.165, 1.54) is 0 Å². The number of nitriles is 1.